The van der Waals surface area contributed by atoms with E-state index in [1.54, 1.807) is 50.2 Å². The lowest BCUT2D eigenvalue weighted by Crippen LogP contribution is -2.40. The van der Waals surface area contributed by atoms with Crippen LogP contribution in [0.25, 0.3) is 0 Å². The van der Waals surface area contributed by atoms with E-state index in [-0.39, 0.29) is 10.3 Å². The second-order valence-corrected chi connectivity index (χ2v) is 9.96. The second-order valence-electron chi connectivity index (χ2n) is 7.69. The standard InChI is InChI=1S/C21H26ClN3O3S/c1-15-18(22)12-9-13-19(15)25(29(27,28)17-10-7-6-8-11-17)14-20(26)24-23-16(2)21(3,4)5/h6-13H,14H2,1-5H3,(H,24,26)/b23-16-. The fourth-order valence-corrected chi connectivity index (χ4v) is 4.03. The predicted molar refractivity (Wildman–Crippen MR) is 118 cm³/mol. The van der Waals surface area contributed by atoms with Gasteiger partial charge in [0.25, 0.3) is 15.9 Å². The van der Waals surface area contributed by atoms with Crippen LogP contribution in [-0.2, 0) is 14.8 Å². The molecule has 0 spiro atoms. The van der Waals surface area contributed by atoms with Gasteiger partial charge in [-0.15, -0.1) is 0 Å². The summed E-state index contributed by atoms with van der Waals surface area (Å²) >= 11 is 6.20. The molecule has 0 aliphatic carbocycles. The number of anilines is 1. The van der Waals surface area contributed by atoms with Gasteiger partial charge in [0, 0.05) is 16.1 Å². The van der Waals surface area contributed by atoms with Crippen molar-refractivity contribution in [2.24, 2.45) is 10.5 Å². The monoisotopic (exact) mass is 435 g/mol. The van der Waals surface area contributed by atoms with Crippen molar-refractivity contribution in [2.75, 3.05) is 10.8 Å². The number of carbonyl (C=O) groups is 1. The lowest BCUT2D eigenvalue weighted by atomic mass is 9.91. The zero-order chi connectivity index (χ0) is 21.8. The number of hydrogen-bond donors (Lipinski definition) is 1. The molecule has 0 radical (unpaired) electrons. The molecule has 2 aromatic carbocycles. The molecule has 0 aliphatic heterocycles. The maximum absolute atomic E-state index is 13.3. The Morgan fingerprint density at radius 1 is 1.10 bits per heavy atom. The Kier molecular flexibility index (Phi) is 7.08. The van der Waals surface area contributed by atoms with E-state index in [1.807, 2.05) is 20.8 Å². The summed E-state index contributed by atoms with van der Waals surface area (Å²) in [7, 11) is -3.99. The molecule has 6 nitrogen and oxygen atoms in total. The van der Waals surface area contributed by atoms with Crippen molar-refractivity contribution >= 4 is 38.9 Å². The van der Waals surface area contributed by atoms with E-state index in [4.69, 9.17) is 11.6 Å². The van der Waals surface area contributed by atoms with Gasteiger partial charge in [0.2, 0.25) is 0 Å². The first-order chi connectivity index (χ1) is 13.4. The maximum atomic E-state index is 13.3. The molecular weight excluding hydrogens is 410 g/mol. The molecule has 0 heterocycles. The van der Waals surface area contributed by atoms with Crippen molar-refractivity contribution in [1.29, 1.82) is 0 Å². The van der Waals surface area contributed by atoms with E-state index in [0.29, 0.717) is 16.3 Å². The number of hydrazone groups is 1. The zero-order valence-electron chi connectivity index (χ0n) is 17.2. The summed E-state index contributed by atoms with van der Waals surface area (Å²) in [5.41, 5.74) is 3.87. The molecule has 2 rings (SSSR count). The highest BCUT2D eigenvalue weighted by atomic mass is 35.5. The van der Waals surface area contributed by atoms with Gasteiger partial charge in [0.05, 0.1) is 10.6 Å². The molecule has 0 aliphatic rings. The third kappa shape index (κ3) is 5.58. The van der Waals surface area contributed by atoms with Gasteiger partial charge in [0.1, 0.15) is 6.54 Å². The Bertz CT molecular complexity index is 1010. The number of sulfonamides is 1. The number of hydrogen-bond acceptors (Lipinski definition) is 4. The van der Waals surface area contributed by atoms with Crippen molar-refractivity contribution in [3.05, 3.63) is 59.1 Å². The molecule has 29 heavy (non-hydrogen) atoms. The molecule has 1 amide bonds. The van der Waals surface area contributed by atoms with Crippen molar-refractivity contribution in [1.82, 2.24) is 5.43 Å². The van der Waals surface area contributed by atoms with E-state index < -0.39 is 22.5 Å². The summed E-state index contributed by atoms with van der Waals surface area (Å²) in [5.74, 6) is -0.549. The third-order valence-electron chi connectivity index (χ3n) is 4.56. The summed E-state index contributed by atoms with van der Waals surface area (Å²) < 4.78 is 27.6. The van der Waals surface area contributed by atoms with Gasteiger partial charge < -0.3 is 0 Å². The number of nitrogens with one attached hydrogen (secondary N) is 1. The first-order valence-electron chi connectivity index (χ1n) is 9.11. The van der Waals surface area contributed by atoms with E-state index >= 15 is 0 Å². The number of benzene rings is 2. The smallest absolute Gasteiger partial charge is 0.264 e. The summed E-state index contributed by atoms with van der Waals surface area (Å²) in [5, 5.41) is 4.52. The van der Waals surface area contributed by atoms with Gasteiger partial charge in [-0.25, -0.2) is 13.8 Å². The molecule has 0 unspecified atom stereocenters. The number of rotatable bonds is 6. The summed E-state index contributed by atoms with van der Waals surface area (Å²) in [6, 6.07) is 12.9. The van der Waals surface area contributed by atoms with Crippen molar-refractivity contribution in [3.8, 4) is 0 Å². The topological polar surface area (TPSA) is 78.8 Å². The van der Waals surface area contributed by atoms with Crippen LogP contribution in [0, 0.1) is 12.3 Å². The molecule has 0 fully saturated rings. The first kappa shape index (κ1) is 22.9. The normalized spacial score (nSPS) is 12.6. The average Bonchev–Trinajstić information content (AvgIpc) is 2.66. The quantitative estimate of drug-likeness (QED) is 0.540. The number of carbonyl (C=O) groups excluding carboxylic acids is 1. The van der Waals surface area contributed by atoms with Crippen LogP contribution in [-0.4, -0.2) is 26.6 Å². The number of nitrogens with zero attached hydrogens (tertiary/aromatic N) is 2. The van der Waals surface area contributed by atoms with Crippen LogP contribution in [0.3, 0.4) is 0 Å². The van der Waals surface area contributed by atoms with E-state index in [2.05, 4.69) is 10.5 Å². The third-order valence-corrected chi connectivity index (χ3v) is 6.74. The number of amides is 1. The summed E-state index contributed by atoms with van der Waals surface area (Å²) in [6.45, 7) is 9.00. The molecule has 1 N–H and O–H groups in total. The van der Waals surface area contributed by atoms with Crippen LogP contribution in [0.4, 0.5) is 5.69 Å². The molecule has 0 aromatic heterocycles. The van der Waals surface area contributed by atoms with Gasteiger partial charge in [-0.1, -0.05) is 56.6 Å². The second kappa shape index (κ2) is 8.97. The summed E-state index contributed by atoms with van der Waals surface area (Å²) in [6.07, 6.45) is 0. The Morgan fingerprint density at radius 2 is 1.72 bits per heavy atom. The van der Waals surface area contributed by atoms with E-state index in [9.17, 15) is 13.2 Å². The minimum atomic E-state index is -3.99. The predicted octanol–water partition coefficient (Wildman–Crippen LogP) is 4.38. The average molecular weight is 436 g/mol. The SMILES string of the molecule is C/C(=N/NC(=O)CN(c1cccc(Cl)c1C)S(=O)(=O)c1ccccc1)C(C)(C)C. The van der Waals surface area contributed by atoms with Crippen LogP contribution in [0.5, 0.6) is 0 Å². The molecule has 8 heteroatoms. The van der Waals surface area contributed by atoms with Gasteiger partial charge in [-0.05, 0) is 43.7 Å². The maximum Gasteiger partial charge on any atom is 0.264 e. The van der Waals surface area contributed by atoms with Crippen LogP contribution in [0.15, 0.2) is 58.5 Å². The highest BCUT2D eigenvalue weighted by molar-refractivity contribution is 7.92. The molecule has 0 bridgehead atoms. The molecule has 156 valence electrons. The Labute approximate surface area is 177 Å². The zero-order valence-corrected chi connectivity index (χ0v) is 18.8. The van der Waals surface area contributed by atoms with Crippen LogP contribution in [0.1, 0.15) is 33.3 Å². The molecule has 0 atom stereocenters. The highest BCUT2D eigenvalue weighted by Gasteiger charge is 2.28. The lowest BCUT2D eigenvalue weighted by molar-refractivity contribution is -0.119. The highest BCUT2D eigenvalue weighted by Crippen LogP contribution is 2.30. The van der Waals surface area contributed by atoms with Crippen LogP contribution < -0.4 is 9.73 Å². The Balaban J connectivity index is 2.44. The lowest BCUT2D eigenvalue weighted by Gasteiger charge is -2.26. The molecule has 2 aromatic rings. The van der Waals surface area contributed by atoms with E-state index in [1.165, 1.54) is 12.1 Å². The first-order valence-corrected chi connectivity index (χ1v) is 10.9. The van der Waals surface area contributed by atoms with Gasteiger partial charge in [0.15, 0.2) is 0 Å². The minimum Gasteiger partial charge on any atom is -0.271 e. The van der Waals surface area contributed by atoms with Crippen molar-refractivity contribution in [2.45, 2.75) is 39.5 Å². The molecule has 0 saturated heterocycles. The van der Waals surface area contributed by atoms with Gasteiger partial charge in [-0.3, -0.25) is 9.10 Å². The fourth-order valence-electron chi connectivity index (χ4n) is 2.37. The van der Waals surface area contributed by atoms with Gasteiger partial charge >= 0.3 is 0 Å². The Hall–Kier alpha value is -2.38. The molecule has 0 saturated carbocycles. The fraction of sp³-hybridized carbons (Fsp3) is 0.333. The summed E-state index contributed by atoms with van der Waals surface area (Å²) in [4.78, 5) is 12.7. The Morgan fingerprint density at radius 3 is 2.31 bits per heavy atom. The van der Waals surface area contributed by atoms with E-state index in [0.717, 1.165) is 10.0 Å². The van der Waals surface area contributed by atoms with Gasteiger partial charge in [-0.2, -0.15) is 5.10 Å². The van der Waals surface area contributed by atoms with Crippen molar-refractivity contribution in [3.63, 3.8) is 0 Å². The molecular formula is C21H26ClN3O3S. The van der Waals surface area contributed by atoms with Crippen LogP contribution >= 0.6 is 11.6 Å². The van der Waals surface area contributed by atoms with Crippen LogP contribution in [0.2, 0.25) is 5.02 Å². The number of halogens is 1. The minimum absolute atomic E-state index is 0.0848. The van der Waals surface area contributed by atoms with Crippen molar-refractivity contribution < 1.29 is 13.2 Å². The largest absolute Gasteiger partial charge is 0.271 e.